The summed E-state index contributed by atoms with van der Waals surface area (Å²) in [5, 5.41) is 3.85. The molecule has 2 rings (SSSR count). The molecule has 0 saturated carbocycles. The third-order valence-corrected chi connectivity index (χ3v) is 3.63. The number of halogens is 1. The highest BCUT2D eigenvalue weighted by Gasteiger charge is 2.36. The van der Waals surface area contributed by atoms with Gasteiger partial charge in [-0.3, -0.25) is 4.79 Å². The van der Waals surface area contributed by atoms with E-state index in [0.717, 1.165) is 11.3 Å². The monoisotopic (exact) mass is 288 g/mol. The van der Waals surface area contributed by atoms with Gasteiger partial charge in [0, 0.05) is 10.7 Å². The van der Waals surface area contributed by atoms with Gasteiger partial charge in [0.2, 0.25) is 5.91 Å². The Balaban J connectivity index is 2.45. The normalized spacial score (nSPS) is 13.5. The highest BCUT2D eigenvalue weighted by Crippen LogP contribution is 2.30. The van der Waals surface area contributed by atoms with Gasteiger partial charge in [0.25, 0.3) is 0 Å². The van der Waals surface area contributed by atoms with Crippen molar-refractivity contribution in [3.05, 3.63) is 65.2 Å². The second kappa shape index (κ2) is 5.97. The number of nitrogens with two attached hydrogens (primary N) is 1. The van der Waals surface area contributed by atoms with Crippen molar-refractivity contribution in [2.24, 2.45) is 5.73 Å². The Bertz CT molecular complexity index is 600. The lowest BCUT2D eigenvalue weighted by Gasteiger charge is -2.32. The zero-order valence-electron chi connectivity index (χ0n) is 11.3. The minimum atomic E-state index is -0.939. The molecule has 20 heavy (non-hydrogen) atoms. The van der Waals surface area contributed by atoms with Crippen LogP contribution in [-0.4, -0.2) is 5.91 Å². The van der Waals surface area contributed by atoms with E-state index in [2.05, 4.69) is 5.32 Å². The number of nitrogens with one attached hydrogen (secondary N) is 1. The fourth-order valence-corrected chi connectivity index (χ4v) is 2.47. The summed E-state index contributed by atoms with van der Waals surface area (Å²) in [7, 11) is 0. The Hall–Kier alpha value is -2.00. The van der Waals surface area contributed by atoms with Crippen LogP contribution in [0.2, 0.25) is 5.02 Å². The van der Waals surface area contributed by atoms with Crippen molar-refractivity contribution in [2.45, 2.75) is 18.9 Å². The molecule has 1 unspecified atom stereocenters. The quantitative estimate of drug-likeness (QED) is 0.884. The fourth-order valence-electron chi connectivity index (χ4n) is 2.28. The summed E-state index contributed by atoms with van der Waals surface area (Å²) in [5.41, 5.74) is 6.34. The van der Waals surface area contributed by atoms with Crippen molar-refractivity contribution in [1.29, 1.82) is 0 Å². The molecule has 1 atom stereocenters. The molecule has 3 N–H and O–H groups in total. The first-order valence-corrected chi connectivity index (χ1v) is 6.85. The van der Waals surface area contributed by atoms with Gasteiger partial charge in [-0.15, -0.1) is 0 Å². The van der Waals surface area contributed by atoms with E-state index in [1.807, 2.05) is 49.4 Å². The lowest BCUT2D eigenvalue weighted by Crippen LogP contribution is -2.47. The predicted molar refractivity (Wildman–Crippen MR) is 82.7 cm³/mol. The van der Waals surface area contributed by atoms with E-state index in [1.165, 1.54) is 0 Å². The minimum absolute atomic E-state index is 0.411. The molecule has 4 heteroatoms. The topological polar surface area (TPSA) is 55.1 Å². The zero-order chi connectivity index (χ0) is 14.6. The van der Waals surface area contributed by atoms with Crippen molar-refractivity contribution in [3.63, 3.8) is 0 Å². The molecule has 0 bridgehead atoms. The highest BCUT2D eigenvalue weighted by atomic mass is 35.5. The third kappa shape index (κ3) is 2.78. The van der Waals surface area contributed by atoms with Crippen LogP contribution < -0.4 is 11.1 Å². The molecule has 0 spiro atoms. The van der Waals surface area contributed by atoms with Crippen LogP contribution in [0.3, 0.4) is 0 Å². The minimum Gasteiger partial charge on any atom is -0.368 e. The maximum absolute atomic E-state index is 12.1. The molecule has 0 heterocycles. The number of carbonyl (C=O) groups excluding carboxylic acids is 1. The van der Waals surface area contributed by atoms with Gasteiger partial charge in [0.15, 0.2) is 0 Å². The number of hydrogen-bond acceptors (Lipinski definition) is 2. The first-order valence-electron chi connectivity index (χ1n) is 6.47. The van der Waals surface area contributed by atoms with Crippen LogP contribution in [0.15, 0.2) is 54.6 Å². The molecular weight excluding hydrogens is 272 g/mol. The predicted octanol–water partition coefficient (Wildman–Crippen LogP) is 3.54. The van der Waals surface area contributed by atoms with E-state index in [1.54, 1.807) is 12.1 Å². The van der Waals surface area contributed by atoms with E-state index in [0.29, 0.717) is 11.4 Å². The molecular formula is C16H17ClN2O. The number of benzene rings is 2. The summed E-state index contributed by atoms with van der Waals surface area (Å²) in [6.07, 6.45) is 0.541. The van der Waals surface area contributed by atoms with Gasteiger partial charge in [0.1, 0.15) is 5.54 Å². The smallest absolute Gasteiger partial charge is 0.247 e. The SMILES string of the molecule is CCC(Nc1cccc(Cl)c1)(C(N)=O)c1ccccc1. The zero-order valence-corrected chi connectivity index (χ0v) is 12.0. The number of rotatable bonds is 5. The van der Waals surface area contributed by atoms with Gasteiger partial charge in [-0.1, -0.05) is 54.9 Å². The van der Waals surface area contributed by atoms with Crippen LogP contribution in [0.4, 0.5) is 5.69 Å². The molecule has 0 fully saturated rings. The summed E-state index contributed by atoms with van der Waals surface area (Å²) in [6, 6.07) is 16.7. The Kier molecular flexibility index (Phi) is 4.30. The van der Waals surface area contributed by atoms with Gasteiger partial charge in [-0.05, 0) is 30.2 Å². The van der Waals surface area contributed by atoms with Crippen molar-refractivity contribution < 1.29 is 4.79 Å². The number of hydrogen-bond donors (Lipinski definition) is 2. The molecule has 3 nitrogen and oxygen atoms in total. The standard InChI is InChI=1S/C16H17ClN2O/c1-2-16(15(18)20,12-7-4-3-5-8-12)19-14-10-6-9-13(17)11-14/h3-11,19H,2H2,1H3,(H2,18,20). The summed E-state index contributed by atoms with van der Waals surface area (Å²) in [5.74, 6) is -0.411. The average Bonchev–Trinajstić information content (AvgIpc) is 2.45. The van der Waals surface area contributed by atoms with E-state index < -0.39 is 11.4 Å². The van der Waals surface area contributed by atoms with Crippen molar-refractivity contribution in [2.75, 3.05) is 5.32 Å². The fraction of sp³-hybridized carbons (Fsp3) is 0.188. The average molecular weight is 289 g/mol. The molecule has 2 aromatic carbocycles. The molecule has 1 amide bonds. The van der Waals surface area contributed by atoms with Crippen LogP contribution >= 0.6 is 11.6 Å². The highest BCUT2D eigenvalue weighted by molar-refractivity contribution is 6.30. The number of carbonyl (C=O) groups is 1. The van der Waals surface area contributed by atoms with Crippen LogP contribution in [-0.2, 0) is 10.3 Å². The Labute approximate surface area is 123 Å². The van der Waals surface area contributed by atoms with Crippen LogP contribution in [0.25, 0.3) is 0 Å². The van der Waals surface area contributed by atoms with Crippen LogP contribution in [0.5, 0.6) is 0 Å². The number of amides is 1. The maximum atomic E-state index is 12.1. The largest absolute Gasteiger partial charge is 0.368 e. The Morgan fingerprint density at radius 2 is 1.90 bits per heavy atom. The summed E-state index contributed by atoms with van der Waals surface area (Å²) in [6.45, 7) is 1.93. The Morgan fingerprint density at radius 3 is 2.45 bits per heavy atom. The van der Waals surface area contributed by atoms with E-state index in [9.17, 15) is 4.79 Å². The first-order chi connectivity index (χ1) is 9.58. The second-order valence-electron chi connectivity index (χ2n) is 4.62. The summed E-state index contributed by atoms with van der Waals surface area (Å²) >= 11 is 5.99. The molecule has 0 aliphatic carbocycles. The molecule has 0 aromatic heterocycles. The molecule has 0 radical (unpaired) electrons. The van der Waals surface area contributed by atoms with E-state index in [-0.39, 0.29) is 0 Å². The first kappa shape index (κ1) is 14.4. The van der Waals surface area contributed by atoms with Crippen molar-refractivity contribution in [1.82, 2.24) is 0 Å². The van der Waals surface area contributed by atoms with Gasteiger partial charge >= 0.3 is 0 Å². The molecule has 0 saturated heterocycles. The van der Waals surface area contributed by atoms with Gasteiger partial charge in [0.05, 0.1) is 0 Å². The van der Waals surface area contributed by atoms with Crippen molar-refractivity contribution >= 4 is 23.2 Å². The van der Waals surface area contributed by atoms with Crippen LogP contribution in [0, 0.1) is 0 Å². The molecule has 104 valence electrons. The van der Waals surface area contributed by atoms with Gasteiger partial charge < -0.3 is 11.1 Å². The summed E-state index contributed by atoms with van der Waals surface area (Å²) < 4.78 is 0. The Morgan fingerprint density at radius 1 is 1.20 bits per heavy atom. The van der Waals surface area contributed by atoms with Crippen LogP contribution in [0.1, 0.15) is 18.9 Å². The van der Waals surface area contributed by atoms with Gasteiger partial charge in [-0.25, -0.2) is 0 Å². The second-order valence-corrected chi connectivity index (χ2v) is 5.06. The molecule has 2 aromatic rings. The lowest BCUT2D eigenvalue weighted by molar-refractivity contribution is -0.122. The third-order valence-electron chi connectivity index (χ3n) is 3.40. The maximum Gasteiger partial charge on any atom is 0.247 e. The van der Waals surface area contributed by atoms with Gasteiger partial charge in [-0.2, -0.15) is 0 Å². The van der Waals surface area contributed by atoms with E-state index >= 15 is 0 Å². The number of primary amides is 1. The molecule has 0 aliphatic heterocycles. The lowest BCUT2D eigenvalue weighted by atomic mass is 9.86. The van der Waals surface area contributed by atoms with Crippen molar-refractivity contribution in [3.8, 4) is 0 Å². The summed E-state index contributed by atoms with van der Waals surface area (Å²) in [4.78, 5) is 12.1. The molecule has 0 aliphatic rings. The van der Waals surface area contributed by atoms with E-state index in [4.69, 9.17) is 17.3 Å². The number of anilines is 1.